The van der Waals surface area contributed by atoms with Crippen LogP contribution in [0.5, 0.6) is 0 Å². The van der Waals surface area contributed by atoms with Crippen molar-refractivity contribution in [3.63, 3.8) is 0 Å². The van der Waals surface area contributed by atoms with Gasteiger partial charge in [-0.3, -0.25) is 28.3 Å². The molecule has 0 bridgehead atoms. The first-order valence-corrected chi connectivity index (χ1v) is 42.9. The second kappa shape index (κ2) is 45.5. The second-order valence-corrected chi connectivity index (χ2v) is 34.2. The van der Waals surface area contributed by atoms with E-state index in [1.807, 2.05) is 0 Å². The number of aliphatic hydroxyl groups excluding tert-OH is 24. The monoisotopic (exact) mass is 1930 g/mol. The normalized spacial score (nSPS) is 47.9. The Labute approximate surface area is 730 Å². The molecule has 59 nitrogen and oxygen atoms in total. The SMILES string of the molecule is CC(=O)N[C@@H]1[C@@H](O)[C@H](O[C@@H]2O[C@H](CO)[C@@H](O[C@@H]3O[C@H](CO[C@H]4O[C@H](CO)[C@@H](O)[C@H](O)[C@@H]4O[C@@H]4O[C@H](COS(=O)(=O)O)[C@@H](O[C@@H]5O[C@H](CO)[C@H](O)[C@H](O)[C@H]5O)[C@H](O[C@@H]5O[C@@H](C)[C@@H](O)[C@@H](O)[C@@H]5O)[C@H]4NC(C)=O)[C@@H](O)[C@H](O[C@H]4O[C@H](CO)[C@@H](O)[C@H](O)[C@@H]4O[C@@H]4O[C@H](COS(=O)(=O)O)[C@@H](O)[C@H](O)[C@H]4NC(C)=O)[C@@H]3O)[C@H](O)[C@H]2NC(C)=O)[C@@H](CO[C@@H]2O[C@@H](C)[C@@H](O)[C@@H](O)[C@@H]2O)O[C@H]1O. The van der Waals surface area contributed by atoms with Crippen molar-refractivity contribution >= 4 is 44.4 Å². The maximum absolute atomic E-state index is 13.6. The van der Waals surface area contributed by atoms with Crippen molar-refractivity contribution in [2.75, 3.05) is 52.9 Å². The smallest absolute Gasteiger partial charge is 0.394 e. The number of ether oxygens (including phenoxy) is 19. The summed E-state index contributed by atoms with van der Waals surface area (Å²) in [5.74, 6) is -4.05. The first kappa shape index (κ1) is 107. The van der Waals surface area contributed by atoms with Gasteiger partial charge in [0.25, 0.3) is 0 Å². The Hall–Kier alpha value is -4.10. The Bertz CT molecular complexity index is 3830. The zero-order valence-corrected chi connectivity index (χ0v) is 70.4. The predicted molar refractivity (Wildman–Crippen MR) is 394 cm³/mol. The second-order valence-electron chi connectivity index (χ2n) is 32.0. The summed E-state index contributed by atoms with van der Waals surface area (Å²) in [6, 6.07) is -8.12. The van der Waals surface area contributed by atoms with Crippen molar-refractivity contribution in [1.82, 2.24) is 21.3 Å². The van der Waals surface area contributed by atoms with Crippen molar-refractivity contribution in [2.24, 2.45) is 0 Å². The maximum Gasteiger partial charge on any atom is 0.397 e. The van der Waals surface area contributed by atoms with E-state index in [0.717, 1.165) is 27.7 Å². The fourth-order valence-electron chi connectivity index (χ4n) is 16.0. The molecule has 0 aliphatic carbocycles. The van der Waals surface area contributed by atoms with Gasteiger partial charge in [0.1, 0.15) is 232 Å². The number of aliphatic hydroxyl groups is 24. The van der Waals surface area contributed by atoms with Crippen LogP contribution in [-0.4, -0.2) is 532 Å². The van der Waals surface area contributed by atoms with Gasteiger partial charge in [0.05, 0.1) is 65.1 Å². The molecule has 50 atom stereocenters. The number of hydrogen-bond acceptors (Lipinski definition) is 53. The maximum atomic E-state index is 13.6. The molecule has 10 aliphatic rings. The van der Waals surface area contributed by atoms with Crippen LogP contribution in [0.1, 0.15) is 41.5 Å². The lowest BCUT2D eigenvalue weighted by Gasteiger charge is -2.51. The molecule has 0 aromatic heterocycles. The Balaban J connectivity index is 1.03. The van der Waals surface area contributed by atoms with E-state index < -0.39 is 404 Å². The van der Waals surface area contributed by atoms with Gasteiger partial charge in [-0.15, -0.1) is 0 Å². The minimum atomic E-state index is -5.63. The standard InChI is InChI=1S/C68H114N4O55S2/c1-15-33(81)43(91)48(96)63(111-15)107-12-27-53(41(89)29(59(100)113-27)69-17(3)77)121-61-31(71-19(5)79)42(90)52(24(10-76)117-61)122-66-51(99)56(125-68-58(47(95)37(85)23(9-75)116-68)127-60-30(70-18(4)78)40(88)38(86)26(118-60)13-109-128(101,102)103)39(87)25(119-66)11-108-67-57(46(94)36(84)22(8-74)115-67)126-62-32(72-20(6)80)55(124-64-49(97)44(92)34(82)16(2)112-64)54(28(120-62)14-110-129(104,105)106)123-65-50(98)45(93)35(83)21(7-73)114-65/h15-16,21-68,73-76,81-100H,7-14H2,1-6H3,(H,69,77)(H,70,78)(H,71,79)(H,72,80)(H,101,102,103)(H,104,105,106)/t15-,16-,21+,22+,23+,24+,25+,26+,27+,28+,29+,30+,31+,32+,33+,34+,35-,36+,37+,38+,39+,40+,41+,42+,43+,44+,45-,46-,47-,48-,49-,50+,51-,52+,53+,54+,55+,56-,57-,58-,59+,60-,61-,62-,63+,64-,65-,66-,67-,68+/m0/s1. The van der Waals surface area contributed by atoms with Crippen LogP contribution in [0.2, 0.25) is 0 Å². The summed E-state index contributed by atoms with van der Waals surface area (Å²) in [5.41, 5.74) is 0. The highest BCUT2D eigenvalue weighted by Gasteiger charge is 2.62. The minimum Gasteiger partial charge on any atom is -0.394 e. The number of nitrogens with one attached hydrogen (secondary N) is 4. The van der Waals surface area contributed by atoms with E-state index in [1.54, 1.807) is 0 Å². The largest absolute Gasteiger partial charge is 0.397 e. The van der Waals surface area contributed by atoms with Crippen LogP contribution in [0.15, 0.2) is 0 Å². The predicted octanol–water partition coefficient (Wildman–Crippen LogP) is -20.5. The van der Waals surface area contributed by atoms with Crippen molar-refractivity contribution in [1.29, 1.82) is 0 Å². The molecule has 0 unspecified atom stereocenters. The summed E-state index contributed by atoms with van der Waals surface area (Å²) < 4.78 is 191. The molecule has 0 aromatic rings. The number of carbonyl (C=O) groups excluding carboxylic acids is 4. The summed E-state index contributed by atoms with van der Waals surface area (Å²) >= 11 is 0. The summed E-state index contributed by atoms with van der Waals surface area (Å²) in [5, 5.41) is 281. The fourth-order valence-corrected chi connectivity index (χ4v) is 16.6. The lowest BCUT2D eigenvalue weighted by atomic mass is 9.93. The number of hydrogen-bond donors (Lipinski definition) is 30. The van der Waals surface area contributed by atoms with Gasteiger partial charge in [0.15, 0.2) is 62.9 Å². The van der Waals surface area contributed by atoms with Crippen LogP contribution in [0.3, 0.4) is 0 Å². The molecule has 10 heterocycles. The van der Waals surface area contributed by atoms with Crippen molar-refractivity contribution in [2.45, 2.75) is 348 Å². The van der Waals surface area contributed by atoms with E-state index in [4.69, 9.17) is 90.0 Å². The molecule has 0 spiro atoms. The molecule has 129 heavy (non-hydrogen) atoms. The van der Waals surface area contributed by atoms with Crippen LogP contribution in [0.25, 0.3) is 0 Å². The number of amides is 4. The van der Waals surface area contributed by atoms with Gasteiger partial charge < -0.3 is 234 Å². The average Bonchev–Trinajstić information content (AvgIpc) is 0.759. The Morgan fingerprint density at radius 2 is 0.566 bits per heavy atom. The molecule has 30 N–H and O–H groups in total. The van der Waals surface area contributed by atoms with E-state index in [0.29, 0.717) is 0 Å². The quantitative estimate of drug-likeness (QED) is 0.0266. The minimum absolute atomic E-state index is 0.834. The van der Waals surface area contributed by atoms with E-state index in [-0.39, 0.29) is 0 Å². The third-order valence-electron chi connectivity index (χ3n) is 22.8. The van der Waals surface area contributed by atoms with Crippen LogP contribution >= 0.6 is 0 Å². The Morgan fingerprint density at radius 3 is 1.09 bits per heavy atom. The molecule has 10 fully saturated rings. The van der Waals surface area contributed by atoms with Crippen LogP contribution in [0.4, 0.5) is 0 Å². The van der Waals surface area contributed by atoms with Crippen LogP contribution in [0, 0.1) is 0 Å². The molecular formula is C68H114N4O55S2. The molecule has 10 saturated heterocycles. The first-order chi connectivity index (χ1) is 60.4. The van der Waals surface area contributed by atoms with Crippen LogP contribution < -0.4 is 21.3 Å². The first-order valence-electron chi connectivity index (χ1n) is 40.2. The highest BCUT2D eigenvalue weighted by molar-refractivity contribution is 7.81. The fraction of sp³-hybridized carbons (Fsp3) is 0.941. The van der Waals surface area contributed by atoms with Crippen molar-refractivity contribution < 1.29 is 266 Å². The lowest BCUT2D eigenvalue weighted by Crippen LogP contribution is -2.71. The van der Waals surface area contributed by atoms with E-state index in [1.165, 1.54) is 13.8 Å². The third kappa shape index (κ3) is 25.3. The molecule has 4 amide bonds. The van der Waals surface area contributed by atoms with E-state index in [9.17, 15) is 168 Å². The van der Waals surface area contributed by atoms with Gasteiger partial charge in [-0.05, 0) is 13.8 Å². The van der Waals surface area contributed by atoms with Crippen molar-refractivity contribution in [3.8, 4) is 0 Å². The molecule has 748 valence electrons. The molecule has 0 radical (unpaired) electrons. The summed E-state index contributed by atoms with van der Waals surface area (Å²) in [4.78, 5) is 52.1. The lowest BCUT2D eigenvalue weighted by molar-refractivity contribution is -0.398. The van der Waals surface area contributed by atoms with Gasteiger partial charge in [0.2, 0.25) is 23.6 Å². The van der Waals surface area contributed by atoms with E-state index in [2.05, 4.69) is 29.6 Å². The average molecular weight is 1930 g/mol. The molecule has 10 rings (SSSR count). The van der Waals surface area contributed by atoms with Gasteiger partial charge >= 0.3 is 20.8 Å². The number of carbonyl (C=O) groups is 4. The van der Waals surface area contributed by atoms with Gasteiger partial charge in [-0.25, -0.2) is 8.37 Å². The van der Waals surface area contributed by atoms with Gasteiger partial charge in [-0.2, -0.15) is 16.8 Å². The van der Waals surface area contributed by atoms with Crippen molar-refractivity contribution in [3.05, 3.63) is 0 Å². The van der Waals surface area contributed by atoms with Gasteiger partial charge in [-0.1, -0.05) is 0 Å². The van der Waals surface area contributed by atoms with Gasteiger partial charge in [0, 0.05) is 27.7 Å². The summed E-state index contributed by atoms with van der Waals surface area (Å²) in [7, 11) is -11.0. The molecule has 10 aliphatic heterocycles. The Kier molecular flexibility index (Phi) is 37.7. The Morgan fingerprint density at radius 1 is 0.256 bits per heavy atom. The topological polar surface area (TPSA) is 904 Å². The molecule has 0 aromatic carbocycles. The highest BCUT2D eigenvalue weighted by atomic mass is 32.3. The van der Waals surface area contributed by atoms with Crippen LogP contribution in [-0.2, 0) is 138 Å². The zero-order chi connectivity index (χ0) is 95.5. The third-order valence-corrected chi connectivity index (χ3v) is 23.6. The highest BCUT2D eigenvalue weighted by Crippen LogP contribution is 2.41. The van der Waals surface area contributed by atoms with E-state index >= 15 is 0 Å². The summed E-state index contributed by atoms with van der Waals surface area (Å²) in [6.07, 6.45) is -101. The molecule has 0 saturated carbocycles. The molecule has 61 heteroatoms. The zero-order valence-electron chi connectivity index (χ0n) is 68.8. The summed E-state index contributed by atoms with van der Waals surface area (Å²) in [6.45, 7) is -4.07. The number of rotatable bonds is 34. The molecular weight excluding hydrogens is 1820 g/mol.